The minimum atomic E-state index is -0.152. The Morgan fingerprint density at radius 2 is 2.07 bits per heavy atom. The minimum Gasteiger partial charge on any atom is -0.298 e. The molecule has 0 fully saturated rings. The van der Waals surface area contributed by atoms with Crippen molar-refractivity contribution in [3.05, 3.63) is 35.6 Å². The van der Waals surface area contributed by atoms with Crippen LogP contribution in [0.25, 0.3) is 0 Å². The smallest absolute Gasteiger partial charge is 0.127 e. The second-order valence-electron chi connectivity index (χ2n) is 3.51. The predicted octanol–water partition coefficient (Wildman–Crippen LogP) is 2.88. The van der Waals surface area contributed by atoms with Crippen molar-refractivity contribution in [3.8, 4) is 0 Å². The van der Waals surface area contributed by atoms with Crippen LogP contribution in [0.3, 0.4) is 0 Å². The van der Waals surface area contributed by atoms with Crippen molar-refractivity contribution < 1.29 is 4.39 Å². The molecule has 0 aliphatic heterocycles. The van der Waals surface area contributed by atoms with E-state index in [9.17, 15) is 4.39 Å². The van der Waals surface area contributed by atoms with E-state index in [1.165, 1.54) is 6.07 Å². The van der Waals surface area contributed by atoms with E-state index in [4.69, 9.17) is 11.6 Å². The third-order valence-electron chi connectivity index (χ3n) is 2.35. The van der Waals surface area contributed by atoms with Gasteiger partial charge in [0.2, 0.25) is 0 Å². The Morgan fingerprint density at radius 3 is 2.64 bits per heavy atom. The van der Waals surface area contributed by atoms with E-state index >= 15 is 0 Å². The standard InChI is InChI=1S/C11H15ClFN/c1-9(7-12)14(2)8-10-5-3-4-6-11(10)13/h3-6,9H,7-8H2,1-2H3. The topological polar surface area (TPSA) is 3.24 Å². The number of nitrogens with zero attached hydrogens (tertiary/aromatic N) is 1. The van der Waals surface area contributed by atoms with Crippen LogP contribution in [0.1, 0.15) is 12.5 Å². The molecule has 78 valence electrons. The zero-order valence-corrected chi connectivity index (χ0v) is 9.26. The first kappa shape index (κ1) is 11.5. The molecule has 0 saturated carbocycles. The van der Waals surface area contributed by atoms with Crippen LogP contribution in [0, 0.1) is 5.82 Å². The van der Waals surface area contributed by atoms with Gasteiger partial charge in [0.05, 0.1) is 0 Å². The zero-order valence-electron chi connectivity index (χ0n) is 8.50. The van der Waals surface area contributed by atoms with Crippen molar-refractivity contribution in [2.24, 2.45) is 0 Å². The van der Waals surface area contributed by atoms with Gasteiger partial charge >= 0.3 is 0 Å². The van der Waals surface area contributed by atoms with Crippen LogP contribution in [-0.2, 0) is 6.54 Å². The van der Waals surface area contributed by atoms with E-state index in [0.29, 0.717) is 18.0 Å². The van der Waals surface area contributed by atoms with Gasteiger partial charge in [-0.1, -0.05) is 18.2 Å². The Balaban J connectivity index is 2.64. The van der Waals surface area contributed by atoms with Crippen LogP contribution in [-0.4, -0.2) is 23.9 Å². The minimum absolute atomic E-state index is 0.152. The highest BCUT2D eigenvalue weighted by Crippen LogP contribution is 2.10. The normalized spacial score (nSPS) is 13.2. The highest BCUT2D eigenvalue weighted by Gasteiger charge is 2.10. The maximum atomic E-state index is 13.3. The molecule has 1 unspecified atom stereocenters. The lowest BCUT2D eigenvalue weighted by Crippen LogP contribution is -2.30. The SMILES string of the molecule is CC(CCl)N(C)Cc1ccccc1F. The number of alkyl halides is 1. The van der Waals surface area contributed by atoms with Gasteiger partial charge in [-0.25, -0.2) is 4.39 Å². The maximum Gasteiger partial charge on any atom is 0.127 e. The van der Waals surface area contributed by atoms with Crippen molar-refractivity contribution in [3.63, 3.8) is 0 Å². The zero-order chi connectivity index (χ0) is 10.6. The average molecular weight is 216 g/mol. The molecule has 1 aromatic rings. The van der Waals surface area contributed by atoms with E-state index in [1.54, 1.807) is 12.1 Å². The molecular weight excluding hydrogens is 201 g/mol. The first-order valence-corrected chi connectivity index (χ1v) is 5.18. The Hall–Kier alpha value is -0.600. The molecule has 0 N–H and O–H groups in total. The summed E-state index contributed by atoms with van der Waals surface area (Å²) in [4.78, 5) is 2.03. The second-order valence-corrected chi connectivity index (χ2v) is 3.82. The van der Waals surface area contributed by atoms with Gasteiger partial charge in [0.25, 0.3) is 0 Å². The highest BCUT2D eigenvalue weighted by molar-refractivity contribution is 6.18. The van der Waals surface area contributed by atoms with E-state index < -0.39 is 0 Å². The fourth-order valence-corrected chi connectivity index (χ4v) is 1.40. The van der Waals surface area contributed by atoms with Crippen LogP contribution in [0.5, 0.6) is 0 Å². The molecule has 0 aliphatic carbocycles. The number of hydrogen-bond acceptors (Lipinski definition) is 1. The van der Waals surface area contributed by atoms with Crippen LogP contribution in [0.15, 0.2) is 24.3 Å². The quantitative estimate of drug-likeness (QED) is 0.699. The van der Waals surface area contributed by atoms with Crippen molar-refractivity contribution >= 4 is 11.6 Å². The van der Waals surface area contributed by atoms with Crippen molar-refractivity contribution in [1.29, 1.82) is 0 Å². The van der Waals surface area contributed by atoms with Crippen molar-refractivity contribution in [1.82, 2.24) is 4.90 Å². The molecule has 0 aromatic heterocycles. The van der Waals surface area contributed by atoms with Gasteiger partial charge in [0.15, 0.2) is 0 Å². The monoisotopic (exact) mass is 215 g/mol. The Labute approximate surface area is 89.5 Å². The Bertz CT molecular complexity index is 290. The fourth-order valence-electron chi connectivity index (χ4n) is 1.17. The summed E-state index contributed by atoms with van der Waals surface area (Å²) in [5.41, 5.74) is 0.715. The van der Waals surface area contributed by atoms with Gasteiger partial charge in [-0.2, -0.15) is 0 Å². The molecule has 0 spiro atoms. The summed E-state index contributed by atoms with van der Waals surface area (Å²) in [5.74, 6) is 0.409. The van der Waals surface area contributed by atoms with Gasteiger partial charge in [-0.15, -0.1) is 11.6 Å². The molecule has 3 heteroatoms. The number of benzene rings is 1. The summed E-state index contributed by atoms with van der Waals surface area (Å²) in [7, 11) is 1.94. The van der Waals surface area contributed by atoms with Crippen LogP contribution in [0.2, 0.25) is 0 Å². The average Bonchev–Trinajstić information content (AvgIpc) is 2.20. The van der Waals surface area contributed by atoms with Crippen molar-refractivity contribution in [2.75, 3.05) is 12.9 Å². The molecule has 14 heavy (non-hydrogen) atoms. The van der Waals surface area contributed by atoms with Crippen LogP contribution < -0.4 is 0 Å². The van der Waals surface area contributed by atoms with Crippen molar-refractivity contribution in [2.45, 2.75) is 19.5 Å². The van der Waals surface area contributed by atoms with Crippen LogP contribution >= 0.6 is 11.6 Å². The summed E-state index contributed by atoms with van der Waals surface area (Å²) in [5, 5.41) is 0. The molecule has 0 aliphatic rings. The number of rotatable bonds is 4. The molecular formula is C11H15ClFN. The lowest BCUT2D eigenvalue weighted by Gasteiger charge is -2.22. The number of hydrogen-bond donors (Lipinski definition) is 0. The first-order valence-electron chi connectivity index (χ1n) is 4.64. The summed E-state index contributed by atoms with van der Waals surface area (Å²) in [6.07, 6.45) is 0. The summed E-state index contributed by atoms with van der Waals surface area (Å²) in [6.45, 7) is 2.62. The Morgan fingerprint density at radius 1 is 1.43 bits per heavy atom. The largest absolute Gasteiger partial charge is 0.298 e. The molecule has 0 amide bonds. The molecule has 1 nitrogen and oxygen atoms in total. The molecule has 1 atom stereocenters. The lowest BCUT2D eigenvalue weighted by atomic mass is 10.2. The maximum absolute atomic E-state index is 13.3. The van der Waals surface area contributed by atoms with E-state index in [2.05, 4.69) is 0 Å². The second kappa shape index (κ2) is 5.32. The third kappa shape index (κ3) is 2.96. The summed E-state index contributed by atoms with van der Waals surface area (Å²) < 4.78 is 13.3. The van der Waals surface area contributed by atoms with Gasteiger partial charge in [-0.05, 0) is 20.0 Å². The van der Waals surface area contributed by atoms with E-state index in [1.807, 2.05) is 24.9 Å². The molecule has 1 aromatic carbocycles. The molecule has 0 bridgehead atoms. The van der Waals surface area contributed by atoms with Gasteiger partial charge < -0.3 is 0 Å². The molecule has 0 saturated heterocycles. The van der Waals surface area contributed by atoms with Crippen LogP contribution in [0.4, 0.5) is 4.39 Å². The lowest BCUT2D eigenvalue weighted by molar-refractivity contribution is 0.264. The fraction of sp³-hybridized carbons (Fsp3) is 0.455. The number of halogens is 2. The summed E-state index contributed by atoms with van der Waals surface area (Å²) in [6, 6.07) is 7.08. The van der Waals surface area contributed by atoms with E-state index in [-0.39, 0.29) is 11.9 Å². The van der Waals surface area contributed by atoms with Gasteiger partial charge in [0, 0.05) is 24.0 Å². The highest BCUT2D eigenvalue weighted by atomic mass is 35.5. The summed E-state index contributed by atoms with van der Waals surface area (Å²) >= 11 is 5.72. The first-order chi connectivity index (χ1) is 6.65. The molecule has 0 radical (unpaired) electrons. The predicted molar refractivity (Wildman–Crippen MR) is 58.0 cm³/mol. The Kier molecular flexibility index (Phi) is 4.36. The third-order valence-corrected chi connectivity index (χ3v) is 2.80. The molecule has 0 heterocycles. The van der Waals surface area contributed by atoms with E-state index in [0.717, 1.165) is 0 Å². The molecule has 1 rings (SSSR count). The van der Waals surface area contributed by atoms with Gasteiger partial charge in [0.1, 0.15) is 5.82 Å². The van der Waals surface area contributed by atoms with Gasteiger partial charge in [-0.3, -0.25) is 4.90 Å².